The molecule has 0 aromatic heterocycles. The topological polar surface area (TPSA) is 0 Å². The summed E-state index contributed by atoms with van der Waals surface area (Å²) in [6.45, 7) is 1.53. The molecule has 7 rings (SSSR count). The fourth-order valence-electron chi connectivity index (χ4n) is 6.76. The monoisotopic (exact) mass is 760 g/mol. The molecule has 0 aliphatic heterocycles. The zero-order valence-electron chi connectivity index (χ0n) is 28.2. The van der Waals surface area contributed by atoms with Gasteiger partial charge in [0.2, 0.25) is 0 Å². The van der Waals surface area contributed by atoms with Crippen LogP contribution in [0, 0.1) is 53.5 Å². The molecule has 0 N–H and O–H groups in total. The van der Waals surface area contributed by atoms with Gasteiger partial charge in [0.1, 0.15) is 11.6 Å². The van der Waals surface area contributed by atoms with Crippen molar-refractivity contribution in [2.75, 3.05) is 0 Å². The normalized spacial score (nSPS) is 11.6. The van der Waals surface area contributed by atoms with Crippen LogP contribution in [0.1, 0.15) is 11.1 Å². The molecule has 0 radical (unpaired) electrons. The molecule has 0 unspecified atom stereocenters. The maximum atomic E-state index is 16.8. The summed E-state index contributed by atoms with van der Waals surface area (Å²) in [6, 6.07) is 24.6. The second kappa shape index (κ2) is 14.2. The van der Waals surface area contributed by atoms with Crippen LogP contribution in [0.15, 0.2) is 121 Å². The first-order valence-electron chi connectivity index (χ1n) is 16.5. The molecule has 7 aromatic rings. The molecule has 0 spiro atoms. The summed E-state index contributed by atoms with van der Waals surface area (Å²) in [5, 5.41) is 0. The van der Waals surface area contributed by atoms with Gasteiger partial charge >= 0.3 is 6.18 Å². The van der Waals surface area contributed by atoms with E-state index in [4.69, 9.17) is 0 Å². The van der Waals surface area contributed by atoms with Crippen molar-refractivity contribution in [3.8, 4) is 66.8 Å². The third-order valence-corrected chi connectivity index (χ3v) is 9.31. The first kappa shape index (κ1) is 37.1. The minimum absolute atomic E-state index is 0.0888. The van der Waals surface area contributed by atoms with Crippen LogP contribution in [0.4, 0.5) is 48.3 Å². The van der Waals surface area contributed by atoms with Gasteiger partial charge in [-0.15, -0.1) is 0 Å². The van der Waals surface area contributed by atoms with Crippen molar-refractivity contribution in [2.45, 2.75) is 13.1 Å². The summed E-state index contributed by atoms with van der Waals surface area (Å²) in [4.78, 5) is 0. The smallest absolute Gasteiger partial charge is 0.205 e. The predicted octanol–water partition coefficient (Wildman–Crippen LogP) is 14.1. The van der Waals surface area contributed by atoms with Crippen molar-refractivity contribution in [1.29, 1.82) is 0 Å². The van der Waals surface area contributed by atoms with E-state index >= 15 is 35.1 Å². The summed E-state index contributed by atoms with van der Waals surface area (Å²) in [5.41, 5.74) is -9.26. The highest BCUT2D eigenvalue weighted by Crippen LogP contribution is 2.50. The average molecular weight is 761 g/mol. The molecule has 276 valence electrons. The zero-order chi connectivity index (χ0) is 39.3. The Bertz CT molecular complexity index is 2610. The van der Waals surface area contributed by atoms with Crippen LogP contribution in [0.2, 0.25) is 0 Å². The van der Waals surface area contributed by atoms with Crippen LogP contribution in [0.3, 0.4) is 0 Å². The maximum Gasteiger partial charge on any atom is 0.417 e. The van der Waals surface area contributed by atoms with Crippen molar-refractivity contribution in [3.63, 3.8) is 0 Å². The molecule has 0 amide bonds. The Balaban J connectivity index is 1.71. The third kappa shape index (κ3) is 6.33. The van der Waals surface area contributed by atoms with Gasteiger partial charge in [-0.05, 0) is 75.2 Å². The van der Waals surface area contributed by atoms with Gasteiger partial charge in [-0.1, -0.05) is 103 Å². The molecule has 0 saturated heterocycles. The number of benzene rings is 7. The zero-order valence-corrected chi connectivity index (χ0v) is 28.2. The van der Waals surface area contributed by atoms with Crippen molar-refractivity contribution in [3.05, 3.63) is 179 Å². The first-order valence-corrected chi connectivity index (χ1v) is 16.5. The van der Waals surface area contributed by atoms with Gasteiger partial charge in [0.25, 0.3) is 0 Å². The van der Waals surface area contributed by atoms with Crippen molar-refractivity contribution in [2.24, 2.45) is 0 Å². The molecule has 7 aromatic carbocycles. The number of alkyl halides is 3. The fourth-order valence-corrected chi connectivity index (χ4v) is 6.76. The SMILES string of the molecule is Cc1ccccc1-c1cc(-c2c(F)c(F)c(F)c(-c3ccccc3)c2F)c(-c2ccccc2C(F)(F)F)cc1-c1c(F)c(F)c(F)c(-c2ccccc2)c1F. The minimum atomic E-state index is -5.14. The summed E-state index contributed by atoms with van der Waals surface area (Å²) in [6.07, 6.45) is -5.14. The van der Waals surface area contributed by atoms with Gasteiger partial charge in [-0.3, -0.25) is 0 Å². The molecule has 0 bridgehead atoms. The summed E-state index contributed by atoms with van der Waals surface area (Å²) < 4.78 is 172. The summed E-state index contributed by atoms with van der Waals surface area (Å²) >= 11 is 0. The second-order valence-corrected chi connectivity index (χ2v) is 12.5. The predicted molar refractivity (Wildman–Crippen MR) is 188 cm³/mol. The van der Waals surface area contributed by atoms with Gasteiger partial charge in [0, 0.05) is 0 Å². The van der Waals surface area contributed by atoms with E-state index in [0.717, 1.165) is 30.3 Å². The van der Waals surface area contributed by atoms with E-state index < -0.39 is 103 Å². The Morgan fingerprint density at radius 1 is 0.327 bits per heavy atom. The van der Waals surface area contributed by atoms with Crippen LogP contribution < -0.4 is 0 Å². The number of halogens is 11. The van der Waals surface area contributed by atoms with E-state index in [2.05, 4.69) is 0 Å². The lowest BCUT2D eigenvalue weighted by atomic mass is 9.82. The lowest BCUT2D eigenvalue weighted by Gasteiger charge is -2.23. The third-order valence-electron chi connectivity index (χ3n) is 9.31. The Morgan fingerprint density at radius 3 is 1.13 bits per heavy atom. The molecule has 0 aliphatic rings. The number of aryl methyl sites for hydroxylation is 1. The van der Waals surface area contributed by atoms with Crippen LogP contribution in [-0.4, -0.2) is 0 Å². The second-order valence-electron chi connectivity index (χ2n) is 12.5. The number of rotatable bonds is 6. The molecule has 0 fully saturated rings. The lowest BCUT2D eigenvalue weighted by Crippen LogP contribution is -2.09. The van der Waals surface area contributed by atoms with Crippen molar-refractivity contribution < 1.29 is 48.3 Å². The summed E-state index contributed by atoms with van der Waals surface area (Å²) in [5.74, 6) is -15.6. The molecule has 55 heavy (non-hydrogen) atoms. The van der Waals surface area contributed by atoms with Gasteiger partial charge in [0.05, 0.1) is 27.8 Å². The largest absolute Gasteiger partial charge is 0.417 e. The molecule has 0 atom stereocenters. The van der Waals surface area contributed by atoms with Gasteiger partial charge in [0.15, 0.2) is 34.9 Å². The van der Waals surface area contributed by atoms with Crippen LogP contribution in [-0.2, 0) is 6.18 Å². The number of hydrogen-bond acceptors (Lipinski definition) is 0. The van der Waals surface area contributed by atoms with Crippen molar-refractivity contribution >= 4 is 0 Å². The molecule has 0 aliphatic carbocycles. The average Bonchev–Trinajstić information content (AvgIpc) is 3.17. The highest BCUT2D eigenvalue weighted by Gasteiger charge is 2.37. The van der Waals surface area contributed by atoms with Crippen LogP contribution >= 0.6 is 0 Å². The van der Waals surface area contributed by atoms with E-state index in [1.165, 1.54) is 85.8 Å². The van der Waals surface area contributed by atoms with Crippen LogP contribution in [0.25, 0.3) is 66.8 Å². The standard InChI is InChI=1S/C44H23F11/c1-22-12-8-9-17-25(22)27-20-30(35-37(46)33(24-15-6-3-7-16-24)39(48)43(52)41(35)50)28(26-18-10-11-19-31(26)44(53,54)55)21-29(27)34-36(45)32(23-13-4-2-5-14-23)38(47)42(51)40(34)49/h2-21H,1H3. The Labute approximate surface area is 306 Å². The number of hydrogen-bond donors (Lipinski definition) is 0. The van der Waals surface area contributed by atoms with Gasteiger partial charge in [-0.2, -0.15) is 13.2 Å². The van der Waals surface area contributed by atoms with E-state index in [1.54, 1.807) is 6.07 Å². The fraction of sp³-hybridized carbons (Fsp3) is 0.0455. The van der Waals surface area contributed by atoms with E-state index in [9.17, 15) is 13.2 Å². The molecule has 0 heterocycles. The van der Waals surface area contributed by atoms with E-state index in [1.807, 2.05) is 0 Å². The first-order chi connectivity index (χ1) is 26.2. The Hall–Kier alpha value is -6.23. The molecular formula is C44H23F11. The van der Waals surface area contributed by atoms with Gasteiger partial charge < -0.3 is 0 Å². The van der Waals surface area contributed by atoms with Gasteiger partial charge in [-0.25, -0.2) is 35.1 Å². The maximum absolute atomic E-state index is 16.8. The highest BCUT2D eigenvalue weighted by molar-refractivity contribution is 5.98. The van der Waals surface area contributed by atoms with Crippen LogP contribution in [0.5, 0.6) is 0 Å². The van der Waals surface area contributed by atoms with Crippen molar-refractivity contribution in [1.82, 2.24) is 0 Å². The molecule has 0 saturated carbocycles. The minimum Gasteiger partial charge on any atom is -0.205 e. The quantitative estimate of drug-likeness (QED) is 0.0900. The Kier molecular flexibility index (Phi) is 9.58. The molecule has 11 heteroatoms. The van der Waals surface area contributed by atoms with E-state index in [-0.39, 0.29) is 22.3 Å². The molecular weight excluding hydrogens is 737 g/mol. The lowest BCUT2D eigenvalue weighted by molar-refractivity contribution is -0.137. The molecule has 0 nitrogen and oxygen atoms in total. The Morgan fingerprint density at radius 2 is 0.691 bits per heavy atom. The van der Waals surface area contributed by atoms with E-state index in [0.29, 0.717) is 11.6 Å². The highest BCUT2D eigenvalue weighted by atomic mass is 19.4. The summed E-state index contributed by atoms with van der Waals surface area (Å²) in [7, 11) is 0.